The number of nitrogens with zero attached hydrogens (tertiary/aromatic N) is 4. The summed E-state index contributed by atoms with van der Waals surface area (Å²) in [5.74, 6) is 0. The van der Waals surface area contributed by atoms with Gasteiger partial charge < -0.3 is 9.74 Å². The monoisotopic (exact) mass is 318 g/mol. The summed E-state index contributed by atoms with van der Waals surface area (Å²) in [5.41, 5.74) is 0.528. The lowest BCUT2D eigenvalue weighted by atomic mass is 10.1. The van der Waals surface area contributed by atoms with Crippen LogP contribution in [0, 0.1) is 0 Å². The summed E-state index contributed by atoms with van der Waals surface area (Å²) in [6.45, 7) is 4.07. The van der Waals surface area contributed by atoms with E-state index in [0.717, 1.165) is 13.0 Å². The second-order valence-corrected chi connectivity index (χ2v) is 4.92. The van der Waals surface area contributed by atoms with E-state index in [1.54, 1.807) is 18.6 Å². The zero-order valence-corrected chi connectivity index (χ0v) is 12.9. The second kappa shape index (κ2) is 9.91. The third kappa shape index (κ3) is 6.03. The molecule has 20 heavy (non-hydrogen) atoms. The maximum Gasteiger partial charge on any atom is 0.195 e. The molecule has 0 amide bonds. The number of oxime groups is 1. The molecule has 0 atom stereocenters. The Morgan fingerprint density at radius 3 is 2.80 bits per heavy atom. The first-order valence-corrected chi connectivity index (χ1v) is 7.08. The van der Waals surface area contributed by atoms with E-state index in [2.05, 4.69) is 20.0 Å². The quantitative estimate of drug-likeness (QED) is 0.459. The van der Waals surface area contributed by atoms with Crippen LogP contribution in [0.3, 0.4) is 0 Å². The van der Waals surface area contributed by atoms with E-state index in [0.29, 0.717) is 12.3 Å². The second-order valence-electron chi connectivity index (χ2n) is 4.56. The standard InChI is InChI=1S/C13H19ClN4O.ClH/c14-13(12-11-15-5-6-16-12)17-19-10-4-9-18-7-2-1-3-8-18;/h5-6,11H,1-4,7-10H2;1H. The van der Waals surface area contributed by atoms with Crippen molar-refractivity contribution in [2.75, 3.05) is 26.2 Å². The molecule has 0 aliphatic carbocycles. The zero-order chi connectivity index (χ0) is 13.3. The summed E-state index contributed by atoms with van der Waals surface area (Å²) < 4.78 is 0. The highest BCUT2D eigenvalue weighted by Gasteiger charge is 2.09. The van der Waals surface area contributed by atoms with Crippen LogP contribution in [-0.4, -0.2) is 46.3 Å². The van der Waals surface area contributed by atoms with Crippen molar-refractivity contribution in [2.24, 2.45) is 5.16 Å². The molecule has 1 aromatic heterocycles. The minimum atomic E-state index is 0. The Kier molecular flexibility index (Phi) is 8.49. The molecule has 2 heterocycles. The molecule has 1 saturated heterocycles. The Labute approximate surface area is 130 Å². The van der Waals surface area contributed by atoms with Gasteiger partial charge in [-0.2, -0.15) is 0 Å². The molecule has 0 N–H and O–H groups in total. The Hall–Kier alpha value is -0.910. The van der Waals surface area contributed by atoms with Gasteiger partial charge in [-0.15, -0.1) is 12.4 Å². The molecule has 0 bridgehead atoms. The van der Waals surface area contributed by atoms with Crippen molar-refractivity contribution in [3.63, 3.8) is 0 Å². The fourth-order valence-corrected chi connectivity index (χ4v) is 2.24. The van der Waals surface area contributed by atoms with Gasteiger partial charge in [0.25, 0.3) is 0 Å². The van der Waals surface area contributed by atoms with Gasteiger partial charge in [-0.05, 0) is 32.4 Å². The van der Waals surface area contributed by atoms with Gasteiger partial charge in [0.1, 0.15) is 12.3 Å². The van der Waals surface area contributed by atoms with Crippen LogP contribution in [0.5, 0.6) is 0 Å². The van der Waals surface area contributed by atoms with Crippen LogP contribution in [0.25, 0.3) is 0 Å². The van der Waals surface area contributed by atoms with E-state index in [-0.39, 0.29) is 17.6 Å². The number of hydrogen-bond acceptors (Lipinski definition) is 5. The van der Waals surface area contributed by atoms with E-state index in [1.165, 1.54) is 32.4 Å². The average molecular weight is 319 g/mol. The minimum Gasteiger partial charge on any atom is -0.394 e. The topological polar surface area (TPSA) is 50.6 Å². The lowest BCUT2D eigenvalue weighted by Gasteiger charge is -2.25. The molecule has 1 aromatic rings. The van der Waals surface area contributed by atoms with Crippen LogP contribution in [0.1, 0.15) is 31.4 Å². The Bertz CT molecular complexity index is 397. The van der Waals surface area contributed by atoms with E-state index >= 15 is 0 Å². The zero-order valence-electron chi connectivity index (χ0n) is 11.4. The predicted molar refractivity (Wildman–Crippen MR) is 82.5 cm³/mol. The molecule has 1 aliphatic rings. The molecular weight excluding hydrogens is 299 g/mol. The molecule has 112 valence electrons. The summed E-state index contributed by atoms with van der Waals surface area (Å²) in [5, 5.41) is 4.08. The molecule has 1 fully saturated rings. The van der Waals surface area contributed by atoms with Gasteiger partial charge in [-0.1, -0.05) is 23.2 Å². The molecule has 5 nitrogen and oxygen atoms in total. The molecule has 0 aromatic carbocycles. The van der Waals surface area contributed by atoms with Crippen molar-refractivity contribution in [1.29, 1.82) is 0 Å². The largest absolute Gasteiger partial charge is 0.394 e. The fraction of sp³-hybridized carbons (Fsp3) is 0.615. The number of halogens is 2. The summed E-state index contributed by atoms with van der Waals surface area (Å²) in [4.78, 5) is 15.6. The normalized spacial score (nSPS) is 16.6. The fourth-order valence-electron chi connectivity index (χ4n) is 2.09. The highest BCUT2D eigenvalue weighted by Crippen LogP contribution is 2.08. The number of likely N-dealkylation sites (tertiary alicyclic amines) is 1. The molecule has 2 rings (SSSR count). The van der Waals surface area contributed by atoms with Crippen molar-refractivity contribution < 1.29 is 4.84 Å². The molecule has 0 spiro atoms. The lowest BCUT2D eigenvalue weighted by Crippen LogP contribution is -2.31. The maximum atomic E-state index is 5.95. The Balaban J connectivity index is 0.00000200. The summed E-state index contributed by atoms with van der Waals surface area (Å²) in [6.07, 6.45) is 9.69. The van der Waals surface area contributed by atoms with Crippen LogP contribution in [0.4, 0.5) is 0 Å². The highest BCUT2D eigenvalue weighted by molar-refractivity contribution is 6.69. The van der Waals surface area contributed by atoms with E-state index < -0.39 is 0 Å². The molecule has 1 aliphatic heterocycles. The summed E-state index contributed by atoms with van der Waals surface area (Å²) >= 11 is 5.95. The van der Waals surface area contributed by atoms with Crippen LogP contribution >= 0.6 is 24.0 Å². The average Bonchev–Trinajstić information content (AvgIpc) is 2.49. The highest BCUT2D eigenvalue weighted by atomic mass is 35.5. The summed E-state index contributed by atoms with van der Waals surface area (Å²) in [6, 6.07) is 0. The van der Waals surface area contributed by atoms with Crippen molar-refractivity contribution >= 4 is 29.2 Å². The van der Waals surface area contributed by atoms with Gasteiger partial charge in [-0.25, -0.2) is 0 Å². The SMILES string of the molecule is Cl.ClC(=NOCCCN1CCCCC1)c1cnccn1. The van der Waals surface area contributed by atoms with Gasteiger partial charge in [0.15, 0.2) is 5.17 Å². The van der Waals surface area contributed by atoms with Crippen LogP contribution < -0.4 is 0 Å². The van der Waals surface area contributed by atoms with Crippen LogP contribution in [0.15, 0.2) is 23.7 Å². The number of piperidine rings is 1. The minimum absolute atomic E-state index is 0. The van der Waals surface area contributed by atoms with E-state index in [9.17, 15) is 0 Å². The van der Waals surface area contributed by atoms with Crippen LogP contribution in [0.2, 0.25) is 0 Å². The van der Waals surface area contributed by atoms with Gasteiger partial charge >= 0.3 is 0 Å². The number of rotatable bonds is 6. The predicted octanol–water partition coefficient (Wildman–Crippen LogP) is 2.69. The van der Waals surface area contributed by atoms with Crippen molar-refractivity contribution in [1.82, 2.24) is 14.9 Å². The van der Waals surface area contributed by atoms with Gasteiger partial charge in [0.05, 0.1) is 6.20 Å². The molecule has 7 heteroatoms. The van der Waals surface area contributed by atoms with Crippen molar-refractivity contribution in [3.8, 4) is 0 Å². The van der Waals surface area contributed by atoms with Gasteiger partial charge in [0.2, 0.25) is 0 Å². The van der Waals surface area contributed by atoms with Gasteiger partial charge in [0, 0.05) is 18.9 Å². The first kappa shape index (κ1) is 17.1. The van der Waals surface area contributed by atoms with E-state index in [4.69, 9.17) is 16.4 Å². The Morgan fingerprint density at radius 2 is 2.10 bits per heavy atom. The van der Waals surface area contributed by atoms with E-state index in [1.807, 2.05) is 0 Å². The summed E-state index contributed by atoms with van der Waals surface area (Å²) in [7, 11) is 0. The molecule has 0 radical (unpaired) electrons. The Morgan fingerprint density at radius 1 is 1.30 bits per heavy atom. The molecule has 0 saturated carbocycles. The van der Waals surface area contributed by atoms with Crippen LogP contribution in [-0.2, 0) is 4.84 Å². The third-order valence-electron chi connectivity index (χ3n) is 3.08. The first-order valence-electron chi connectivity index (χ1n) is 6.70. The number of hydrogen-bond donors (Lipinski definition) is 0. The third-order valence-corrected chi connectivity index (χ3v) is 3.34. The smallest absolute Gasteiger partial charge is 0.195 e. The van der Waals surface area contributed by atoms with Crippen molar-refractivity contribution in [3.05, 3.63) is 24.3 Å². The molecular formula is C13H20Cl2N4O. The maximum absolute atomic E-state index is 5.95. The number of aromatic nitrogens is 2. The van der Waals surface area contributed by atoms with Gasteiger partial charge in [-0.3, -0.25) is 9.97 Å². The first-order chi connectivity index (χ1) is 9.36. The molecule has 0 unspecified atom stereocenters. The lowest BCUT2D eigenvalue weighted by molar-refractivity contribution is 0.125. The van der Waals surface area contributed by atoms with Crippen molar-refractivity contribution in [2.45, 2.75) is 25.7 Å².